The summed E-state index contributed by atoms with van der Waals surface area (Å²) in [7, 11) is 4.16. The Morgan fingerprint density at radius 2 is 2.05 bits per heavy atom. The number of rotatable bonds is 5. The lowest BCUT2D eigenvalue weighted by atomic mass is 10.2. The van der Waals surface area contributed by atoms with Gasteiger partial charge < -0.3 is 4.74 Å². The molecule has 0 spiro atoms. The molecule has 5 nitrogen and oxygen atoms in total. The van der Waals surface area contributed by atoms with Gasteiger partial charge in [0.2, 0.25) is 0 Å². The molecule has 1 fully saturated rings. The van der Waals surface area contributed by atoms with Crippen LogP contribution >= 0.6 is 0 Å². The maximum atomic E-state index is 5.76. The Balaban J connectivity index is 1.74. The molecule has 0 aromatic carbocycles. The number of morpholine rings is 1. The number of aryl methyl sites for hydroxylation is 1. The molecule has 0 amide bonds. The van der Waals surface area contributed by atoms with Crippen molar-refractivity contribution in [3.05, 3.63) is 18.0 Å². The van der Waals surface area contributed by atoms with Crippen LogP contribution in [0.25, 0.3) is 0 Å². The lowest BCUT2D eigenvalue weighted by Crippen LogP contribution is -2.47. The van der Waals surface area contributed by atoms with Crippen LogP contribution in [0.3, 0.4) is 0 Å². The smallest absolute Gasteiger partial charge is 0.0678 e. The van der Waals surface area contributed by atoms with E-state index in [2.05, 4.69) is 41.9 Å². The average molecular weight is 266 g/mol. The standard InChI is InChI=1S/C14H26N4O/c1-12-9-18(10-13(2)19-12)8-7-16(3)11-14-5-6-15-17(14)4/h5-6,12-13H,7-11H2,1-4H3/t12-,13+. The number of hydrogen-bond acceptors (Lipinski definition) is 4. The number of ether oxygens (including phenoxy) is 1. The third kappa shape index (κ3) is 4.30. The molecule has 0 radical (unpaired) electrons. The van der Waals surface area contributed by atoms with Crippen LogP contribution < -0.4 is 0 Å². The van der Waals surface area contributed by atoms with Crippen LogP contribution in [0, 0.1) is 0 Å². The van der Waals surface area contributed by atoms with Crippen molar-refractivity contribution in [3.63, 3.8) is 0 Å². The van der Waals surface area contributed by atoms with E-state index in [9.17, 15) is 0 Å². The van der Waals surface area contributed by atoms with E-state index >= 15 is 0 Å². The molecule has 0 unspecified atom stereocenters. The molecule has 0 aliphatic carbocycles. The van der Waals surface area contributed by atoms with E-state index in [4.69, 9.17) is 4.74 Å². The highest BCUT2D eigenvalue weighted by atomic mass is 16.5. The van der Waals surface area contributed by atoms with Crippen LogP contribution in [-0.2, 0) is 18.3 Å². The highest BCUT2D eigenvalue weighted by molar-refractivity contribution is 4.99. The highest BCUT2D eigenvalue weighted by Gasteiger charge is 2.21. The fourth-order valence-electron chi connectivity index (χ4n) is 2.69. The summed E-state index contributed by atoms with van der Waals surface area (Å²) < 4.78 is 7.70. The minimum absolute atomic E-state index is 0.353. The molecule has 1 aromatic rings. The van der Waals surface area contributed by atoms with E-state index in [1.54, 1.807) is 0 Å². The van der Waals surface area contributed by atoms with Crippen LogP contribution in [0.2, 0.25) is 0 Å². The van der Waals surface area contributed by atoms with Gasteiger partial charge in [-0.1, -0.05) is 0 Å². The van der Waals surface area contributed by atoms with Crippen molar-refractivity contribution in [2.24, 2.45) is 7.05 Å². The summed E-state index contributed by atoms with van der Waals surface area (Å²) in [6.07, 6.45) is 2.56. The van der Waals surface area contributed by atoms with Gasteiger partial charge in [-0.25, -0.2) is 0 Å². The Kier molecular flexibility index (Phi) is 4.96. The Morgan fingerprint density at radius 3 is 2.63 bits per heavy atom. The normalized spacial score (nSPS) is 25.1. The molecule has 2 atom stereocenters. The fourth-order valence-corrected chi connectivity index (χ4v) is 2.69. The molecule has 1 saturated heterocycles. The second kappa shape index (κ2) is 6.50. The van der Waals surface area contributed by atoms with Crippen molar-refractivity contribution in [1.29, 1.82) is 0 Å². The maximum Gasteiger partial charge on any atom is 0.0678 e. The Morgan fingerprint density at radius 1 is 1.37 bits per heavy atom. The van der Waals surface area contributed by atoms with Crippen LogP contribution in [0.1, 0.15) is 19.5 Å². The third-order valence-corrected chi connectivity index (χ3v) is 3.65. The largest absolute Gasteiger partial charge is 0.373 e. The Bertz CT molecular complexity index is 383. The molecule has 0 N–H and O–H groups in total. The van der Waals surface area contributed by atoms with E-state index in [1.165, 1.54) is 5.69 Å². The molecule has 0 saturated carbocycles. The molecule has 0 bridgehead atoms. The monoisotopic (exact) mass is 266 g/mol. The van der Waals surface area contributed by atoms with E-state index in [0.29, 0.717) is 12.2 Å². The van der Waals surface area contributed by atoms with Gasteiger partial charge in [0.1, 0.15) is 0 Å². The van der Waals surface area contributed by atoms with Crippen LogP contribution in [0.5, 0.6) is 0 Å². The molecular weight excluding hydrogens is 240 g/mol. The zero-order chi connectivity index (χ0) is 13.8. The highest BCUT2D eigenvalue weighted by Crippen LogP contribution is 2.10. The molecule has 2 rings (SSSR count). The molecule has 2 heterocycles. The van der Waals surface area contributed by atoms with E-state index < -0.39 is 0 Å². The number of nitrogens with zero attached hydrogens (tertiary/aromatic N) is 4. The third-order valence-electron chi connectivity index (χ3n) is 3.65. The molecular formula is C14H26N4O. The van der Waals surface area contributed by atoms with Crippen LogP contribution in [-0.4, -0.2) is 65.0 Å². The summed E-state index contributed by atoms with van der Waals surface area (Å²) >= 11 is 0. The summed E-state index contributed by atoms with van der Waals surface area (Å²) in [4.78, 5) is 4.85. The molecule has 1 aromatic heterocycles. The Hall–Kier alpha value is -0.910. The second-order valence-electron chi connectivity index (χ2n) is 5.70. The first-order valence-corrected chi connectivity index (χ1v) is 7.08. The summed E-state index contributed by atoms with van der Waals surface area (Å²) in [6.45, 7) is 9.53. The minimum Gasteiger partial charge on any atom is -0.373 e. The molecule has 1 aliphatic rings. The average Bonchev–Trinajstić information content (AvgIpc) is 2.71. The van der Waals surface area contributed by atoms with Gasteiger partial charge in [-0.15, -0.1) is 0 Å². The minimum atomic E-state index is 0.353. The van der Waals surface area contributed by atoms with Crippen molar-refractivity contribution >= 4 is 0 Å². The molecule has 19 heavy (non-hydrogen) atoms. The van der Waals surface area contributed by atoms with Gasteiger partial charge in [-0.3, -0.25) is 14.5 Å². The Labute approximate surface area is 116 Å². The van der Waals surface area contributed by atoms with E-state index in [1.807, 2.05) is 17.9 Å². The van der Waals surface area contributed by atoms with Crippen molar-refractivity contribution in [3.8, 4) is 0 Å². The van der Waals surface area contributed by atoms with Gasteiger partial charge in [0.05, 0.1) is 17.9 Å². The summed E-state index contributed by atoms with van der Waals surface area (Å²) in [5.41, 5.74) is 1.26. The predicted octanol–water partition coefficient (Wildman–Crippen LogP) is 0.961. The maximum absolute atomic E-state index is 5.76. The van der Waals surface area contributed by atoms with Gasteiger partial charge in [0, 0.05) is 46.0 Å². The number of likely N-dealkylation sites (N-methyl/N-ethyl adjacent to an activating group) is 1. The quantitative estimate of drug-likeness (QED) is 0.795. The first kappa shape index (κ1) is 14.5. The molecule has 5 heteroatoms. The lowest BCUT2D eigenvalue weighted by Gasteiger charge is -2.36. The SMILES string of the molecule is C[C@@H]1CN(CCN(C)Cc2ccnn2C)C[C@H](C)O1. The fraction of sp³-hybridized carbons (Fsp3) is 0.786. The van der Waals surface area contributed by atoms with Gasteiger partial charge in [-0.05, 0) is 27.0 Å². The number of aromatic nitrogens is 2. The predicted molar refractivity (Wildman–Crippen MR) is 76.0 cm³/mol. The van der Waals surface area contributed by atoms with Crippen LogP contribution in [0.4, 0.5) is 0 Å². The topological polar surface area (TPSA) is 33.5 Å². The first-order chi connectivity index (χ1) is 9.04. The second-order valence-corrected chi connectivity index (χ2v) is 5.70. The van der Waals surface area contributed by atoms with Gasteiger partial charge >= 0.3 is 0 Å². The molecule has 1 aliphatic heterocycles. The van der Waals surface area contributed by atoms with Gasteiger partial charge in [0.25, 0.3) is 0 Å². The summed E-state index contributed by atoms with van der Waals surface area (Å²) in [6, 6.07) is 2.08. The zero-order valence-electron chi connectivity index (χ0n) is 12.5. The van der Waals surface area contributed by atoms with Gasteiger partial charge in [-0.2, -0.15) is 5.10 Å². The first-order valence-electron chi connectivity index (χ1n) is 7.08. The lowest BCUT2D eigenvalue weighted by molar-refractivity contribution is -0.0691. The van der Waals surface area contributed by atoms with Crippen molar-refractivity contribution < 1.29 is 4.74 Å². The van der Waals surface area contributed by atoms with E-state index in [-0.39, 0.29) is 0 Å². The summed E-state index contributed by atoms with van der Waals surface area (Å²) in [5, 5.41) is 4.20. The van der Waals surface area contributed by atoms with E-state index in [0.717, 1.165) is 32.7 Å². The van der Waals surface area contributed by atoms with Crippen LogP contribution in [0.15, 0.2) is 12.3 Å². The number of hydrogen-bond donors (Lipinski definition) is 0. The molecule has 108 valence electrons. The van der Waals surface area contributed by atoms with Gasteiger partial charge in [0.15, 0.2) is 0 Å². The zero-order valence-corrected chi connectivity index (χ0v) is 12.5. The van der Waals surface area contributed by atoms with Crippen molar-refractivity contribution in [2.75, 3.05) is 33.2 Å². The van der Waals surface area contributed by atoms with Crippen molar-refractivity contribution in [2.45, 2.75) is 32.6 Å². The summed E-state index contributed by atoms with van der Waals surface area (Å²) in [5.74, 6) is 0. The van der Waals surface area contributed by atoms with Crippen molar-refractivity contribution in [1.82, 2.24) is 19.6 Å².